The third-order valence-electron chi connectivity index (χ3n) is 4.09. The fourth-order valence-corrected chi connectivity index (χ4v) is 2.87. The first kappa shape index (κ1) is 15.9. The van der Waals surface area contributed by atoms with Crippen molar-refractivity contribution in [2.24, 2.45) is 0 Å². The third kappa shape index (κ3) is 3.30. The first-order valence-electron chi connectivity index (χ1n) is 8.30. The van der Waals surface area contributed by atoms with Gasteiger partial charge in [0.05, 0.1) is 11.0 Å². The lowest BCUT2D eigenvalue weighted by atomic mass is 10.1. The van der Waals surface area contributed by atoms with Gasteiger partial charge < -0.3 is 10.3 Å². The number of imidazole rings is 1. The number of aromatic nitrogens is 6. The number of carbonyl (C=O) groups excluding carboxylic acids is 1. The molecule has 8 heteroatoms. The Labute approximate surface area is 149 Å². The maximum atomic E-state index is 12.7. The van der Waals surface area contributed by atoms with Gasteiger partial charge in [-0.2, -0.15) is 0 Å². The number of H-pyrrole nitrogens is 1. The molecule has 1 amide bonds. The molecule has 0 saturated carbocycles. The topological polar surface area (TPSA) is 101 Å². The van der Waals surface area contributed by atoms with Crippen LogP contribution >= 0.6 is 0 Å². The zero-order chi connectivity index (χ0) is 17.8. The van der Waals surface area contributed by atoms with Gasteiger partial charge in [-0.3, -0.25) is 4.79 Å². The van der Waals surface area contributed by atoms with Crippen molar-refractivity contribution < 1.29 is 4.79 Å². The highest BCUT2D eigenvalue weighted by Gasteiger charge is 2.23. The molecule has 0 bridgehead atoms. The summed E-state index contributed by atoms with van der Waals surface area (Å²) in [5, 5.41) is 14.1. The highest BCUT2D eigenvalue weighted by molar-refractivity contribution is 5.83. The Kier molecular flexibility index (Phi) is 4.38. The first-order valence-corrected chi connectivity index (χ1v) is 8.30. The highest BCUT2D eigenvalue weighted by Crippen LogP contribution is 2.17. The van der Waals surface area contributed by atoms with Crippen molar-refractivity contribution in [2.45, 2.75) is 12.5 Å². The maximum Gasteiger partial charge on any atom is 0.249 e. The Hall–Kier alpha value is -3.55. The van der Waals surface area contributed by atoms with Crippen LogP contribution in [0, 0.1) is 0 Å². The lowest BCUT2D eigenvalue weighted by molar-refractivity contribution is -0.123. The SMILES string of the molecule is O=C(NCCc1nc2ccccc2[nH]1)[C@@H](c1ccccc1)n1cnnn1. The van der Waals surface area contributed by atoms with Crippen LogP contribution in [-0.2, 0) is 11.2 Å². The van der Waals surface area contributed by atoms with Crippen LogP contribution in [0.15, 0.2) is 60.9 Å². The maximum absolute atomic E-state index is 12.7. The van der Waals surface area contributed by atoms with Gasteiger partial charge in [0.15, 0.2) is 6.04 Å². The molecule has 26 heavy (non-hydrogen) atoms. The van der Waals surface area contributed by atoms with Crippen molar-refractivity contribution in [1.29, 1.82) is 0 Å². The molecule has 0 saturated heterocycles. The number of amides is 1. The molecule has 4 aromatic rings. The summed E-state index contributed by atoms with van der Waals surface area (Å²) >= 11 is 0. The number of rotatable bonds is 6. The first-order chi connectivity index (χ1) is 12.8. The van der Waals surface area contributed by atoms with Crippen molar-refractivity contribution in [3.05, 3.63) is 72.3 Å². The number of aromatic amines is 1. The van der Waals surface area contributed by atoms with E-state index in [0.29, 0.717) is 13.0 Å². The molecule has 1 atom stereocenters. The minimum Gasteiger partial charge on any atom is -0.353 e. The van der Waals surface area contributed by atoms with Crippen LogP contribution in [0.3, 0.4) is 0 Å². The number of para-hydroxylation sites is 2. The molecular formula is C18H17N7O. The van der Waals surface area contributed by atoms with Crippen LogP contribution in [-0.4, -0.2) is 42.6 Å². The standard InChI is InChI=1S/C18H17N7O/c26-18(17(25-12-20-23-24-25)13-6-2-1-3-7-13)19-11-10-16-21-14-8-4-5-9-15(14)22-16/h1-9,12,17H,10-11H2,(H,19,26)(H,21,22)/t17-/m1/s1. The smallest absolute Gasteiger partial charge is 0.249 e. The van der Waals surface area contributed by atoms with Gasteiger partial charge in [0.25, 0.3) is 0 Å². The number of nitrogens with one attached hydrogen (secondary N) is 2. The number of fused-ring (bicyclic) bond motifs is 1. The highest BCUT2D eigenvalue weighted by atomic mass is 16.2. The summed E-state index contributed by atoms with van der Waals surface area (Å²) in [6.45, 7) is 0.462. The lowest BCUT2D eigenvalue weighted by Crippen LogP contribution is -2.35. The number of hydrogen-bond acceptors (Lipinski definition) is 5. The van der Waals surface area contributed by atoms with E-state index in [2.05, 4.69) is 30.8 Å². The fraction of sp³-hybridized carbons (Fsp3) is 0.167. The second kappa shape index (κ2) is 7.14. The molecule has 0 aliphatic heterocycles. The molecule has 130 valence electrons. The summed E-state index contributed by atoms with van der Waals surface area (Å²) in [5.41, 5.74) is 2.73. The van der Waals surface area contributed by atoms with Gasteiger partial charge in [-0.15, -0.1) is 5.10 Å². The molecule has 0 radical (unpaired) electrons. The van der Waals surface area contributed by atoms with E-state index in [9.17, 15) is 4.79 Å². The van der Waals surface area contributed by atoms with E-state index in [1.54, 1.807) is 0 Å². The van der Waals surface area contributed by atoms with E-state index in [1.807, 2.05) is 54.6 Å². The molecule has 0 aliphatic carbocycles. The zero-order valence-corrected chi connectivity index (χ0v) is 13.9. The quantitative estimate of drug-likeness (QED) is 0.550. The normalized spacial score (nSPS) is 12.2. The van der Waals surface area contributed by atoms with E-state index >= 15 is 0 Å². The molecule has 0 aliphatic rings. The number of carbonyl (C=O) groups is 1. The zero-order valence-electron chi connectivity index (χ0n) is 13.9. The van der Waals surface area contributed by atoms with Crippen LogP contribution in [0.5, 0.6) is 0 Å². The van der Waals surface area contributed by atoms with Crippen molar-refractivity contribution >= 4 is 16.9 Å². The Morgan fingerprint density at radius 1 is 1.12 bits per heavy atom. The van der Waals surface area contributed by atoms with Gasteiger partial charge in [0.2, 0.25) is 5.91 Å². The van der Waals surface area contributed by atoms with Crippen LogP contribution in [0.1, 0.15) is 17.4 Å². The van der Waals surface area contributed by atoms with E-state index in [-0.39, 0.29) is 5.91 Å². The van der Waals surface area contributed by atoms with Gasteiger partial charge in [0, 0.05) is 13.0 Å². The van der Waals surface area contributed by atoms with E-state index in [0.717, 1.165) is 22.4 Å². The summed E-state index contributed by atoms with van der Waals surface area (Å²) in [5.74, 6) is 0.671. The van der Waals surface area contributed by atoms with Crippen molar-refractivity contribution in [3.8, 4) is 0 Å². The molecule has 2 aromatic carbocycles. The summed E-state index contributed by atoms with van der Waals surface area (Å²) in [6.07, 6.45) is 2.05. The Morgan fingerprint density at radius 3 is 2.69 bits per heavy atom. The number of nitrogens with zero attached hydrogens (tertiary/aromatic N) is 5. The molecule has 0 spiro atoms. The van der Waals surface area contributed by atoms with E-state index < -0.39 is 6.04 Å². The minimum absolute atomic E-state index is 0.167. The van der Waals surface area contributed by atoms with Crippen LogP contribution < -0.4 is 5.32 Å². The fourth-order valence-electron chi connectivity index (χ4n) is 2.87. The number of benzene rings is 2. The molecule has 2 N–H and O–H groups in total. The molecule has 0 fully saturated rings. The molecular weight excluding hydrogens is 330 g/mol. The van der Waals surface area contributed by atoms with Crippen LogP contribution in [0.2, 0.25) is 0 Å². The number of hydrogen-bond donors (Lipinski definition) is 2. The van der Waals surface area contributed by atoms with Crippen molar-refractivity contribution in [2.75, 3.05) is 6.54 Å². The van der Waals surface area contributed by atoms with E-state index in [4.69, 9.17) is 0 Å². The Balaban J connectivity index is 1.45. The summed E-state index contributed by atoms with van der Waals surface area (Å²) < 4.78 is 1.45. The molecule has 8 nitrogen and oxygen atoms in total. The Bertz CT molecular complexity index is 962. The summed E-state index contributed by atoms with van der Waals surface area (Å²) in [7, 11) is 0. The van der Waals surface area contributed by atoms with Crippen LogP contribution in [0.4, 0.5) is 0 Å². The molecule has 4 rings (SSSR count). The monoisotopic (exact) mass is 347 g/mol. The molecule has 0 unspecified atom stereocenters. The van der Waals surface area contributed by atoms with Crippen LogP contribution in [0.25, 0.3) is 11.0 Å². The predicted molar refractivity (Wildman–Crippen MR) is 95.2 cm³/mol. The molecule has 2 aromatic heterocycles. The van der Waals surface area contributed by atoms with Gasteiger partial charge in [-0.05, 0) is 28.1 Å². The minimum atomic E-state index is -0.609. The average molecular weight is 347 g/mol. The molecule has 2 heterocycles. The van der Waals surface area contributed by atoms with Crippen molar-refractivity contribution in [1.82, 2.24) is 35.5 Å². The van der Waals surface area contributed by atoms with Gasteiger partial charge in [-0.25, -0.2) is 9.67 Å². The number of tetrazole rings is 1. The largest absolute Gasteiger partial charge is 0.353 e. The Morgan fingerprint density at radius 2 is 1.92 bits per heavy atom. The lowest BCUT2D eigenvalue weighted by Gasteiger charge is -2.16. The van der Waals surface area contributed by atoms with E-state index in [1.165, 1.54) is 11.0 Å². The average Bonchev–Trinajstić information content (AvgIpc) is 3.32. The second-order valence-corrected chi connectivity index (χ2v) is 5.84. The van der Waals surface area contributed by atoms with Crippen molar-refractivity contribution in [3.63, 3.8) is 0 Å². The van der Waals surface area contributed by atoms with Gasteiger partial charge in [-0.1, -0.05) is 42.5 Å². The van der Waals surface area contributed by atoms with Gasteiger partial charge in [0.1, 0.15) is 12.2 Å². The predicted octanol–water partition coefficient (Wildman–Crippen LogP) is 1.50. The second-order valence-electron chi connectivity index (χ2n) is 5.84. The summed E-state index contributed by atoms with van der Waals surface area (Å²) in [6, 6.07) is 16.7. The van der Waals surface area contributed by atoms with Gasteiger partial charge >= 0.3 is 0 Å². The third-order valence-corrected chi connectivity index (χ3v) is 4.09. The summed E-state index contributed by atoms with van der Waals surface area (Å²) in [4.78, 5) is 20.5.